The fraction of sp³-hybridized carbons (Fsp3) is 0.706. The van der Waals surface area contributed by atoms with Crippen molar-refractivity contribution in [2.75, 3.05) is 6.54 Å². The van der Waals surface area contributed by atoms with Crippen molar-refractivity contribution in [2.24, 2.45) is 0 Å². The third-order valence-corrected chi connectivity index (χ3v) is 5.41. The van der Waals surface area contributed by atoms with Gasteiger partial charge in [-0.1, -0.05) is 19.8 Å². The molecule has 0 bridgehead atoms. The number of ether oxygens (including phenoxy) is 1. The molecule has 0 aliphatic carbocycles. The molecule has 1 amide bonds. The van der Waals surface area contributed by atoms with E-state index in [0.717, 1.165) is 30.3 Å². The number of amides is 1. The molecule has 1 heterocycles. The molecule has 1 atom stereocenters. The molecule has 1 aromatic heterocycles. The molecular formula is C17H29BrN2O2S. The van der Waals surface area contributed by atoms with Crippen LogP contribution in [0.15, 0.2) is 10.5 Å². The Kier molecular flexibility index (Phi) is 8.58. The predicted octanol–water partition coefficient (Wildman–Crippen LogP) is 4.99. The normalized spacial score (nSPS) is 13.0. The van der Waals surface area contributed by atoms with Gasteiger partial charge in [-0.25, -0.2) is 4.79 Å². The number of halogens is 1. The van der Waals surface area contributed by atoms with E-state index in [9.17, 15) is 4.79 Å². The first-order valence-corrected chi connectivity index (χ1v) is 9.77. The molecule has 1 rings (SSSR count). The van der Waals surface area contributed by atoms with Gasteiger partial charge < -0.3 is 15.4 Å². The molecule has 0 aromatic carbocycles. The van der Waals surface area contributed by atoms with Gasteiger partial charge in [0.2, 0.25) is 0 Å². The number of rotatable bonds is 8. The van der Waals surface area contributed by atoms with Crippen molar-refractivity contribution in [2.45, 2.75) is 72.1 Å². The van der Waals surface area contributed by atoms with Gasteiger partial charge in [-0.15, -0.1) is 11.3 Å². The van der Waals surface area contributed by atoms with Crippen molar-refractivity contribution in [3.63, 3.8) is 0 Å². The quantitative estimate of drug-likeness (QED) is 0.641. The Labute approximate surface area is 152 Å². The zero-order valence-electron chi connectivity index (χ0n) is 14.8. The highest BCUT2D eigenvalue weighted by Crippen LogP contribution is 2.26. The average Bonchev–Trinajstić information content (AvgIpc) is 2.75. The van der Waals surface area contributed by atoms with Crippen molar-refractivity contribution in [1.29, 1.82) is 0 Å². The molecular weight excluding hydrogens is 376 g/mol. The Bertz CT molecular complexity index is 478. The molecule has 2 N–H and O–H groups in total. The number of carbonyl (C=O) groups is 1. The topological polar surface area (TPSA) is 50.4 Å². The minimum atomic E-state index is -0.461. The first kappa shape index (κ1) is 20.5. The SMILES string of the molecule is CCCCC(CNC(=O)OC(C)(C)C)NCc1cc(Br)c(C)s1. The smallest absolute Gasteiger partial charge is 0.407 e. The predicted molar refractivity (Wildman–Crippen MR) is 101 cm³/mol. The minimum Gasteiger partial charge on any atom is -0.444 e. The lowest BCUT2D eigenvalue weighted by Gasteiger charge is -2.22. The van der Waals surface area contributed by atoms with Crippen LogP contribution in [0.1, 0.15) is 56.7 Å². The number of unbranched alkanes of at least 4 members (excludes halogenated alkanes) is 1. The number of hydrogen-bond acceptors (Lipinski definition) is 4. The molecule has 1 unspecified atom stereocenters. The molecule has 0 saturated heterocycles. The third kappa shape index (κ3) is 8.72. The maximum absolute atomic E-state index is 11.8. The molecule has 1 aromatic rings. The molecule has 132 valence electrons. The highest BCUT2D eigenvalue weighted by atomic mass is 79.9. The highest BCUT2D eigenvalue weighted by molar-refractivity contribution is 9.10. The zero-order chi connectivity index (χ0) is 17.5. The maximum Gasteiger partial charge on any atom is 0.407 e. The third-order valence-electron chi connectivity index (χ3n) is 3.27. The summed E-state index contributed by atoms with van der Waals surface area (Å²) in [5, 5.41) is 6.42. The fourth-order valence-electron chi connectivity index (χ4n) is 2.10. The van der Waals surface area contributed by atoms with Crippen LogP contribution in [0.25, 0.3) is 0 Å². The first-order chi connectivity index (χ1) is 10.7. The van der Waals surface area contributed by atoms with Crippen molar-refractivity contribution >= 4 is 33.4 Å². The van der Waals surface area contributed by atoms with E-state index in [0.29, 0.717) is 6.54 Å². The summed E-state index contributed by atoms with van der Waals surface area (Å²) >= 11 is 5.34. The fourth-order valence-corrected chi connectivity index (χ4v) is 3.65. The maximum atomic E-state index is 11.8. The van der Waals surface area contributed by atoms with Gasteiger partial charge in [-0.3, -0.25) is 0 Å². The van der Waals surface area contributed by atoms with Crippen LogP contribution in [0.5, 0.6) is 0 Å². The van der Waals surface area contributed by atoms with Crippen LogP contribution in [0, 0.1) is 6.92 Å². The summed E-state index contributed by atoms with van der Waals surface area (Å²) in [4.78, 5) is 14.4. The standard InChI is InChI=1S/C17H29BrN2O2S/c1-6-7-8-13(10-20-16(21)22-17(3,4)5)19-11-14-9-15(18)12(2)23-14/h9,13,19H,6-8,10-11H2,1-5H3,(H,20,21). The lowest BCUT2D eigenvalue weighted by Crippen LogP contribution is -2.42. The van der Waals surface area contributed by atoms with Gasteiger partial charge in [0.25, 0.3) is 0 Å². The van der Waals surface area contributed by atoms with Gasteiger partial charge >= 0.3 is 6.09 Å². The van der Waals surface area contributed by atoms with Crippen LogP contribution in [0.2, 0.25) is 0 Å². The molecule has 23 heavy (non-hydrogen) atoms. The van der Waals surface area contributed by atoms with E-state index in [1.165, 1.54) is 9.75 Å². The molecule has 0 saturated carbocycles. The van der Waals surface area contributed by atoms with Crippen LogP contribution in [-0.4, -0.2) is 24.3 Å². The Morgan fingerprint density at radius 2 is 2.13 bits per heavy atom. The van der Waals surface area contributed by atoms with Crippen LogP contribution < -0.4 is 10.6 Å². The van der Waals surface area contributed by atoms with E-state index in [4.69, 9.17) is 4.74 Å². The van der Waals surface area contributed by atoms with Crippen LogP contribution >= 0.6 is 27.3 Å². The molecule has 4 nitrogen and oxygen atoms in total. The van der Waals surface area contributed by atoms with Crippen molar-refractivity contribution in [1.82, 2.24) is 10.6 Å². The summed E-state index contributed by atoms with van der Waals surface area (Å²) in [5.74, 6) is 0. The summed E-state index contributed by atoms with van der Waals surface area (Å²) in [6.45, 7) is 11.3. The zero-order valence-corrected chi connectivity index (χ0v) is 17.2. The summed E-state index contributed by atoms with van der Waals surface area (Å²) < 4.78 is 6.46. The van der Waals surface area contributed by atoms with Gasteiger partial charge in [-0.05, 0) is 56.1 Å². The van der Waals surface area contributed by atoms with Gasteiger partial charge in [0.1, 0.15) is 5.60 Å². The summed E-state index contributed by atoms with van der Waals surface area (Å²) in [6, 6.07) is 2.41. The summed E-state index contributed by atoms with van der Waals surface area (Å²) in [5.41, 5.74) is -0.461. The van der Waals surface area contributed by atoms with Gasteiger partial charge in [0.05, 0.1) is 0 Å². The van der Waals surface area contributed by atoms with Crippen molar-refractivity contribution in [3.8, 4) is 0 Å². The first-order valence-electron chi connectivity index (χ1n) is 8.16. The highest BCUT2D eigenvalue weighted by Gasteiger charge is 2.17. The average molecular weight is 405 g/mol. The summed E-state index contributed by atoms with van der Waals surface area (Å²) in [6.07, 6.45) is 2.97. The van der Waals surface area contributed by atoms with E-state index >= 15 is 0 Å². The molecule has 0 aliphatic heterocycles. The van der Waals surface area contributed by atoms with E-state index in [2.05, 4.69) is 46.5 Å². The van der Waals surface area contributed by atoms with E-state index < -0.39 is 5.60 Å². The summed E-state index contributed by atoms with van der Waals surface area (Å²) in [7, 11) is 0. The lowest BCUT2D eigenvalue weighted by molar-refractivity contribution is 0.0521. The number of thiophene rings is 1. The number of alkyl carbamates (subject to hydrolysis) is 1. The van der Waals surface area contributed by atoms with Crippen molar-refractivity contribution < 1.29 is 9.53 Å². The molecule has 0 aliphatic rings. The van der Waals surface area contributed by atoms with Crippen LogP contribution in [-0.2, 0) is 11.3 Å². The molecule has 0 radical (unpaired) electrons. The largest absolute Gasteiger partial charge is 0.444 e. The van der Waals surface area contributed by atoms with Crippen LogP contribution in [0.4, 0.5) is 4.79 Å². The van der Waals surface area contributed by atoms with Gasteiger partial charge in [-0.2, -0.15) is 0 Å². The molecule has 0 fully saturated rings. The van der Waals surface area contributed by atoms with E-state index in [1.807, 2.05) is 20.8 Å². The number of nitrogens with one attached hydrogen (secondary N) is 2. The van der Waals surface area contributed by atoms with Crippen LogP contribution in [0.3, 0.4) is 0 Å². The Balaban J connectivity index is 2.46. The van der Waals surface area contributed by atoms with E-state index in [-0.39, 0.29) is 12.1 Å². The van der Waals surface area contributed by atoms with Gasteiger partial charge in [0, 0.05) is 33.4 Å². The van der Waals surface area contributed by atoms with E-state index in [1.54, 1.807) is 11.3 Å². The Morgan fingerprint density at radius 3 is 2.65 bits per heavy atom. The molecule has 6 heteroatoms. The van der Waals surface area contributed by atoms with Gasteiger partial charge in [0.15, 0.2) is 0 Å². The number of aryl methyl sites for hydroxylation is 1. The number of carbonyl (C=O) groups excluding carboxylic acids is 1. The lowest BCUT2D eigenvalue weighted by atomic mass is 10.1. The second-order valence-electron chi connectivity index (χ2n) is 6.72. The second kappa shape index (κ2) is 9.64. The van der Waals surface area contributed by atoms with Crippen molar-refractivity contribution in [3.05, 3.63) is 20.3 Å². The minimum absolute atomic E-state index is 0.253. The molecule has 0 spiro atoms. The monoisotopic (exact) mass is 404 g/mol. The number of hydrogen-bond donors (Lipinski definition) is 2. The Hall–Kier alpha value is -0.590. The second-order valence-corrected chi connectivity index (χ2v) is 8.91. The Morgan fingerprint density at radius 1 is 1.43 bits per heavy atom.